The summed E-state index contributed by atoms with van der Waals surface area (Å²) in [6, 6.07) is 5.57. The number of hydrogen-bond acceptors (Lipinski definition) is 6. The van der Waals surface area contributed by atoms with Crippen molar-refractivity contribution in [3.63, 3.8) is 0 Å². The van der Waals surface area contributed by atoms with Crippen LogP contribution in [0.3, 0.4) is 0 Å². The molecule has 3 heterocycles. The second-order valence-electron chi connectivity index (χ2n) is 6.14. The molecule has 134 valence electrons. The molecule has 3 rings (SSSR count). The summed E-state index contributed by atoms with van der Waals surface area (Å²) < 4.78 is 30.6. The zero-order chi connectivity index (χ0) is 17.9. The van der Waals surface area contributed by atoms with Gasteiger partial charge in [-0.3, -0.25) is 14.5 Å². The van der Waals surface area contributed by atoms with E-state index in [1.807, 2.05) is 18.2 Å². The molecule has 1 amide bonds. The van der Waals surface area contributed by atoms with Crippen molar-refractivity contribution < 1.29 is 17.9 Å². The third-order valence-corrected chi connectivity index (χ3v) is 4.68. The number of pyridine rings is 1. The van der Waals surface area contributed by atoms with Crippen LogP contribution in [0.15, 0.2) is 36.8 Å². The van der Waals surface area contributed by atoms with Crippen LogP contribution in [0, 0.1) is 0 Å². The minimum atomic E-state index is -3.38. The van der Waals surface area contributed by atoms with Crippen molar-refractivity contribution in [2.45, 2.75) is 25.8 Å². The van der Waals surface area contributed by atoms with Crippen molar-refractivity contribution in [1.29, 1.82) is 0 Å². The van der Waals surface area contributed by atoms with Gasteiger partial charge in [0, 0.05) is 31.4 Å². The van der Waals surface area contributed by atoms with Crippen LogP contribution in [0.25, 0.3) is 0 Å². The summed E-state index contributed by atoms with van der Waals surface area (Å²) in [5.41, 5.74) is 1.79. The molecule has 0 fully saturated rings. The summed E-state index contributed by atoms with van der Waals surface area (Å²) in [5.74, 6) is -0.927. The fourth-order valence-corrected chi connectivity index (χ4v) is 3.36. The van der Waals surface area contributed by atoms with Gasteiger partial charge in [0.25, 0.3) is 0 Å². The third-order valence-electron chi connectivity index (χ3n) is 3.90. The van der Waals surface area contributed by atoms with Gasteiger partial charge in [-0.2, -0.15) is 5.10 Å². The Balaban J connectivity index is 1.73. The number of carbonyl (C=O) groups is 1. The van der Waals surface area contributed by atoms with E-state index in [1.165, 1.54) is 4.90 Å². The number of hydrogen-bond donors (Lipinski definition) is 0. The fourth-order valence-electron chi connectivity index (χ4n) is 2.72. The van der Waals surface area contributed by atoms with Crippen LogP contribution < -0.4 is 0 Å². The number of amides is 1. The zero-order valence-electron chi connectivity index (χ0n) is 13.9. The predicted molar refractivity (Wildman–Crippen MR) is 90.2 cm³/mol. The van der Waals surface area contributed by atoms with Crippen LogP contribution in [-0.4, -0.2) is 58.6 Å². The Morgan fingerprint density at radius 1 is 1.32 bits per heavy atom. The highest BCUT2D eigenvalue weighted by atomic mass is 32.2. The van der Waals surface area contributed by atoms with E-state index in [0.717, 1.165) is 17.5 Å². The molecule has 1 aliphatic rings. The van der Waals surface area contributed by atoms with E-state index < -0.39 is 21.5 Å². The summed E-state index contributed by atoms with van der Waals surface area (Å²) in [4.78, 5) is 17.9. The maximum atomic E-state index is 12.4. The average Bonchev–Trinajstić information content (AvgIpc) is 2.90. The zero-order valence-corrected chi connectivity index (χ0v) is 14.7. The van der Waals surface area contributed by atoms with Gasteiger partial charge < -0.3 is 9.64 Å². The second kappa shape index (κ2) is 7.32. The topological polar surface area (TPSA) is 94.4 Å². The van der Waals surface area contributed by atoms with Gasteiger partial charge in [-0.1, -0.05) is 6.07 Å². The predicted octanol–water partition coefficient (Wildman–Crippen LogP) is 0.250. The Kier molecular flexibility index (Phi) is 5.14. The lowest BCUT2D eigenvalue weighted by Crippen LogP contribution is -2.40. The monoisotopic (exact) mass is 364 g/mol. The van der Waals surface area contributed by atoms with Gasteiger partial charge >= 0.3 is 0 Å². The first-order chi connectivity index (χ1) is 11.9. The average molecular weight is 364 g/mol. The van der Waals surface area contributed by atoms with Crippen LogP contribution in [0.2, 0.25) is 0 Å². The minimum absolute atomic E-state index is 0.287. The maximum Gasteiger partial charge on any atom is 0.238 e. The molecule has 0 saturated heterocycles. The molecule has 1 aliphatic heterocycles. The Morgan fingerprint density at radius 3 is 2.88 bits per heavy atom. The van der Waals surface area contributed by atoms with Crippen molar-refractivity contribution in [3.8, 4) is 0 Å². The first kappa shape index (κ1) is 17.6. The van der Waals surface area contributed by atoms with E-state index in [2.05, 4.69) is 10.1 Å². The van der Waals surface area contributed by atoms with Gasteiger partial charge in [0.15, 0.2) is 9.84 Å². The Hall–Kier alpha value is -2.26. The quantitative estimate of drug-likeness (QED) is 0.755. The largest absolute Gasteiger partial charge is 0.370 e. The third kappa shape index (κ3) is 4.86. The molecule has 8 nitrogen and oxygen atoms in total. The molecule has 2 aromatic heterocycles. The standard InChI is InChI=1S/C16H20N4O4S/c1-25(22,23)12-16(21)19-8-14-4-6-18-20(14)10-15(9-19)24-11-13-3-2-5-17-7-13/h2-7,15H,8-12H2,1H3. The number of sulfone groups is 1. The second-order valence-corrected chi connectivity index (χ2v) is 8.28. The summed E-state index contributed by atoms with van der Waals surface area (Å²) >= 11 is 0. The van der Waals surface area contributed by atoms with E-state index in [0.29, 0.717) is 26.2 Å². The van der Waals surface area contributed by atoms with E-state index >= 15 is 0 Å². The van der Waals surface area contributed by atoms with Crippen LogP contribution in [0.1, 0.15) is 11.3 Å². The fraction of sp³-hybridized carbons (Fsp3) is 0.438. The first-order valence-corrected chi connectivity index (χ1v) is 9.93. The highest BCUT2D eigenvalue weighted by Crippen LogP contribution is 2.15. The van der Waals surface area contributed by atoms with Gasteiger partial charge in [-0.05, 0) is 17.7 Å². The molecule has 1 unspecified atom stereocenters. The van der Waals surface area contributed by atoms with Gasteiger partial charge in [0.05, 0.1) is 31.5 Å². The van der Waals surface area contributed by atoms with Crippen LogP contribution in [0.5, 0.6) is 0 Å². The Morgan fingerprint density at radius 2 is 2.16 bits per heavy atom. The molecule has 0 aliphatic carbocycles. The van der Waals surface area contributed by atoms with Crippen LogP contribution in [-0.2, 0) is 39.1 Å². The molecule has 9 heteroatoms. The SMILES string of the molecule is CS(=O)(=O)CC(=O)N1Cc2ccnn2CC(OCc2cccnc2)C1. The summed E-state index contributed by atoms with van der Waals surface area (Å²) in [6.45, 7) is 1.51. The Labute approximate surface area is 146 Å². The van der Waals surface area contributed by atoms with E-state index in [-0.39, 0.29) is 6.10 Å². The molecule has 0 bridgehead atoms. The van der Waals surface area contributed by atoms with E-state index in [1.54, 1.807) is 23.3 Å². The molecule has 0 saturated carbocycles. The van der Waals surface area contributed by atoms with Crippen molar-refractivity contribution in [3.05, 3.63) is 48.0 Å². The van der Waals surface area contributed by atoms with Crippen molar-refractivity contribution >= 4 is 15.7 Å². The molecule has 2 aromatic rings. The molecule has 0 aromatic carbocycles. The molecule has 1 atom stereocenters. The number of ether oxygens (including phenoxy) is 1. The van der Waals surface area contributed by atoms with Gasteiger partial charge in [-0.25, -0.2) is 8.42 Å². The van der Waals surface area contributed by atoms with Crippen molar-refractivity contribution in [2.24, 2.45) is 0 Å². The lowest BCUT2D eigenvalue weighted by atomic mass is 10.3. The molecule has 25 heavy (non-hydrogen) atoms. The molecular formula is C16H20N4O4S. The van der Waals surface area contributed by atoms with Crippen molar-refractivity contribution in [2.75, 3.05) is 18.6 Å². The summed E-state index contributed by atoms with van der Waals surface area (Å²) in [7, 11) is -3.38. The van der Waals surface area contributed by atoms with E-state index in [4.69, 9.17) is 4.74 Å². The lowest BCUT2D eigenvalue weighted by molar-refractivity contribution is -0.131. The number of carbonyl (C=O) groups excluding carboxylic acids is 1. The Bertz CT molecular complexity index is 835. The lowest BCUT2D eigenvalue weighted by Gasteiger charge is -2.24. The highest BCUT2D eigenvalue weighted by molar-refractivity contribution is 7.91. The first-order valence-electron chi connectivity index (χ1n) is 7.87. The summed E-state index contributed by atoms with van der Waals surface area (Å²) in [6.07, 6.45) is 5.85. The molecule has 0 N–H and O–H groups in total. The molecule has 0 spiro atoms. The van der Waals surface area contributed by atoms with Gasteiger partial charge in [0.2, 0.25) is 5.91 Å². The number of nitrogens with zero attached hydrogens (tertiary/aromatic N) is 4. The van der Waals surface area contributed by atoms with E-state index in [9.17, 15) is 13.2 Å². The smallest absolute Gasteiger partial charge is 0.238 e. The minimum Gasteiger partial charge on any atom is -0.370 e. The van der Waals surface area contributed by atoms with Crippen LogP contribution in [0.4, 0.5) is 0 Å². The normalized spacial score (nSPS) is 17.8. The highest BCUT2D eigenvalue weighted by Gasteiger charge is 2.27. The number of aromatic nitrogens is 3. The maximum absolute atomic E-state index is 12.4. The van der Waals surface area contributed by atoms with Crippen molar-refractivity contribution in [1.82, 2.24) is 19.7 Å². The number of rotatable bonds is 5. The van der Waals surface area contributed by atoms with Crippen LogP contribution >= 0.6 is 0 Å². The van der Waals surface area contributed by atoms with Gasteiger partial charge in [-0.15, -0.1) is 0 Å². The van der Waals surface area contributed by atoms with Gasteiger partial charge in [0.1, 0.15) is 5.75 Å². The molecule has 0 radical (unpaired) electrons. The number of fused-ring (bicyclic) bond motifs is 1. The summed E-state index contributed by atoms with van der Waals surface area (Å²) in [5, 5.41) is 4.26. The molecular weight excluding hydrogens is 344 g/mol.